The summed E-state index contributed by atoms with van der Waals surface area (Å²) < 4.78 is 0. The smallest absolute Gasteiger partial charge is 0.254 e. The number of anilines is 1. The number of unbranched alkanes of at least 4 members (excludes halogenated alkanes) is 1. The second-order valence-electron chi connectivity index (χ2n) is 5.72. The van der Waals surface area contributed by atoms with Crippen molar-refractivity contribution in [2.75, 3.05) is 18.5 Å². The van der Waals surface area contributed by atoms with Gasteiger partial charge < -0.3 is 10.2 Å². The van der Waals surface area contributed by atoms with E-state index in [1.165, 1.54) is 5.56 Å². The molecule has 1 N–H and O–H groups in total. The van der Waals surface area contributed by atoms with E-state index in [-0.39, 0.29) is 5.91 Å². The van der Waals surface area contributed by atoms with Crippen molar-refractivity contribution in [1.29, 1.82) is 0 Å². The molecule has 122 valence electrons. The van der Waals surface area contributed by atoms with Crippen molar-refractivity contribution < 1.29 is 4.79 Å². The Morgan fingerprint density at radius 1 is 1.26 bits per heavy atom. The molecule has 0 unspecified atom stereocenters. The number of amides is 1. The highest BCUT2D eigenvalue weighted by molar-refractivity contribution is 5.93. The van der Waals surface area contributed by atoms with Gasteiger partial charge in [0.25, 0.3) is 5.91 Å². The first-order chi connectivity index (χ1) is 11.1. The number of carbonyl (C=O) groups is 1. The number of carbonyl (C=O) groups excluding carboxylic acids is 1. The fourth-order valence-electron chi connectivity index (χ4n) is 2.24. The Labute approximate surface area is 137 Å². The fourth-order valence-corrected chi connectivity index (χ4v) is 2.24. The standard InChI is InChI=1S/C18H24N4O/c1-4-5-9-22(3)18-20-12-16(13-21-18)17(23)19-11-15-8-6-7-14(2)10-15/h6-8,10,12-13H,4-5,9,11H2,1-3H3,(H,19,23). The monoisotopic (exact) mass is 312 g/mol. The molecule has 0 aliphatic carbocycles. The summed E-state index contributed by atoms with van der Waals surface area (Å²) in [6, 6.07) is 8.08. The lowest BCUT2D eigenvalue weighted by atomic mass is 10.1. The molecule has 1 heterocycles. The molecule has 0 atom stereocenters. The van der Waals surface area contributed by atoms with E-state index < -0.39 is 0 Å². The predicted molar refractivity (Wildman–Crippen MR) is 92.6 cm³/mol. The molecular formula is C18H24N4O. The lowest BCUT2D eigenvalue weighted by molar-refractivity contribution is 0.0950. The summed E-state index contributed by atoms with van der Waals surface area (Å²) in [5.41, 5.74) is 2.74. The molecule has 0 aliphatic rings. The van der Waals surface area contributed by atoms with E-state index in [1.54, 1.807) is 12.4 Å². The van der Waals surface area contributed by atoms with E-state index in [0.717, 1.165) is 24.9 Å². The molecule has 0 radical (unpaired) electrons. The SMILES string of the molecule is CCCCN(C)c1ncc(C(=O)NCc2cccc(C)c2)cn1. The summed E-state index contributed by atoms with van der Waals surface area (Å²) in [6.07, 6.45) is 5.38. The Hall–Kier alpha value is -2.43. The van der Waals surface area contributed by atoms with Gasteiger partial charge in [-0.25, -0.2) is 9.97 Å². The third-order valence-electron chi connectivity index (χ3n) is 3.62. The summed E-state index contributed by atoms with van der Waals surface area (Å²) in [5.74, 6) is 0.489. The van der Waals surface area contributed by atoms with E-state index in [0.29, 0.717) is 18.1 Å². The molecule has 1 aromatic heterocycles. The van der Waals surface area contributed by atoms with Gasteiger partial charge in [-0.3, -0.25) is 4.79 Å². The van der Waals surface area contributed by atoms with Gasteiger partial charge in [0.1, 0.15) is 0 Å². The second-order valence-corrected chi connectivity index (χ2v) is 5.72. The van der Waals surface area contributed by atoms with Gasteiger partial charge in [0, 0.05) is 32.5 Å². The van der Waals surface area contributed by atoms with Crippen molar-refractivity contribution in [3.8, 4) is 0 Å². The Balaban J connectivity index is 1.92. The minimum atomic E-state index is -0.158. The number of hydrogen-bond donors (Lipinski definition) is 1. The van der Waals surface area contributed by atoms with Gasteiger partial charge in [-0.15, -0.1) is 0 Å². The zero-order valence-electron chi connectivity index (χ0n) is 14.0. The first kappa shape index (κ1) is 16.9. The zero-order valence-corrected chi connectivity index (χ0v) is 14.0. The van der Waals surface area contributed by atoms with E-state index in [9.17, 15) is 4.79 Å². The molecule has 0 bridgehead atoms. The Kier molecular flexibility index (Phi) is 6.09. The van der Waals surface area contributed by atoms with Crippen molar-refractivity contribution >= 4 is 11.9 Å². The predicted octanol–water partition coefficient (Wildman–Crippen LogP) is 2.95. The minimum Gasteiger partial charge on any atom is -0.348 e. The maximum Gasteiger partial charge on any atom is 0.254 e. The molecule has 1 aromatic carbocycles. The van der Waals surface area contributed by atoms with Gasteiger partial charge in [-0.05, 0) is 18.9 Å². The summed E-state index contributed by atoms with van der Waals surface area (Å²) >= 11 is 0. The molecule has 0 aliphatic heterocycles. The van der Waals surface area contributed by atoms with Crippen molar-refractivity contribution in [3.63, 3.8) is 0 Å². The molecule has 2 rings (SSSR count). The van der Waals surface area contributed by atoms with Crippen LogP contribution in [-0.2, 0) is 6.54 Å². The van der Waals surface area contributed by atoms with Crippen LogP contribution in [-0.4, -0.2) is 29.5 Å². The number of aromatic nitrogens is 2. The molecule has 5 heteroatoms. The van der Waals surface area contributed by atoms with E-state index in [2.05, 4.69) is 28.3 Å². The first-order valence-electron chi connectivity index (χ1n) is 7.97. The van der Waals surface area contributed by atoms with Crippen LogP contribution in [0.5, 0.6) is 0 Å². The van der Waals surface area contributed by atoms with Crippen LogP contribution in [0.2, 0.25) is 0 Å². The van der Waals surface area contributed by atoms with Crippen molar-refractivity contribution in [1.82, 2.24) is 15.3 Å². The Morgan fingerprint density at radius 2 is 2.00 bits per heavy atom. The second kappa shape index (κ2) is 8.27. The van der Waals surface area contributed by atoms with Gasteiger partial charge >= 0.3 is 0 Å². The normalized spacial score (nSPS) is 10.4. The topological polar surface area (TPSA) is 58.1 Å². The number of nitrogens with one attached hydrogen (secondary N) is 1. The lowest BCUT2D eigenvalue weighted by Crippen LogP contribution is -2.24. The van der Waals surface area contributed by atoms with Crippen LogP contribution in [0.4, 0.5) is 5.95 Å². The van der Waals surface area contributed by atoms with E-state index in [4.69, 9.17) is 0 Å². The molecule has 1 amide bonds. The van der Waals surface area contributed by atoms with Crippen LogP contribution in [0, 0.1) is 6.92 Å². The average molecular weight is 312 g/mol. The molecule has 5 nitrogen and oxygen atoms in total. The van der Waals surface area contributed by atoms with E-state index >= 15 is 0 Å². The number of benzene rings is 1. The minimum absolute atomic E-state index is 0.158. The van der Waals surface area contributed by atoms with Gasteiger partial charge in [0.15, 0.2) is 0 Å². The number of rotatable bonds is 7. The van der Waals surface area contributed by atoms with Crippen LogP contribution in [0.15, 0.2) is 36.7 Å². The van der Waals surface area contributed by atoms with Crippen LogP contribution in [0.25, 0.3) is 0 Å². The van der Waals surface area contributed by atoms with Crippen molar-refractivity contribution in [2.24, 2.45) is 0 Å². The summed E-state index contributed by atoms with van der Waals surface area (Å²) in [5, 5.41) is 2.89. The quantitative estimate of drug-likeness (QED) is 0.854. The largest absolute Gasteiger partial charge is 0.348 e. The van der Waals surface area contributed by atoms with Gasteiger partial charge in [-0.2, -0.15) is 0 Å². The van der Waals surface area contributed by atoms with Crippen LogP contribution >= 0.6 is 0 Å². The molecular weight excluding hydrogens is 288 g/mol. The van der Waals surface area contributed by atoms with Crippen molar-refractivity contribution in [2.45, 2.75) is 33.2 Å². The van der Waals surface area contributed by atoms with Crippen LogP contribution in [0.1, 0.15) is 41.3 Å². The van der Waals surface area contributed by atoms with Gasteiger partial charge in [-0.1, -0.05) is 43.2 Å². The molecule has 23 heavy (non-hydrogen) atoms. The zero-order chi connectivity index (χ0) is 16.7. The Morgan fingerprint density at radius 3 is 2.65 bits per heavy atom. The lowest BCUT2D eigenvalue weighted by Gasteiger charge is -2.16. The van der Waals surface area contributed by atoms with Gasteiger partial charge in [0.05, 0.1) is 5.56 Å². The molecule has 2 aromatic rings. The Bertz CT molecular complexity index is 640. The maximum atomic E-state index is 12.2. The average Bonchev–Trinajstić information content (AvgIpc) is 2.57. The van der Waals surface area contributed by atoms with Crippen molar-refractivity contribution in [3.05, 3.63) is 53.3 Å². The van der Waals surface area contributed by atoms with Crippen LogP contribution in [0.3, 0.4) is 0 Å². The third-order valence-corrected chi connectivity index (χ3v) is 3.62. The summed E-state index contributed by atoms with van der Waals surface area (Å²) in [6.45, 7) is 5.59. The molecule has 0 saturated heterocycles. The third kappa shape index (κ3) is 5.06. The molecule has 0 saturated carbocycles. The first-order valence-corrected chi connectivity index (χ1v) is 7.97. The number of aryl methyl sites for hydroxylation is 1. The highest BCUT2D eigenvalue weighted by atomic mass is 16.1. The van der Waals surface area contributed by atoms with E-state index in [1.807, 2.05) is 37.1 Å². The summed E-state index contributed by atoms with van der Waals surface area (Å²) in [4.78, 5) is 22.7. The fraction of sp³-hybridized carbons (Fsp3) is 0.389. The highest BCUT2D eigenvalue weighted by Gasteiger charge is 2.09. The molecule has 0 fully saturated rings. The molecule has 0 spiro atoms. The number of nitrogens with zero attached hydrogens (tertiary/aromatic N) is 3. The maximum absolute atomic E-state index is 12.2. The number of hydrogen-bond acceptors (Lipinski definition) is 4. The van der Waals surface area contributed by atoms with Gasteiger partial charge in [0.2, 0.25) is 5.95 Å². The highest BCUT2D eigenvalue weighted by Crippen LogP contribution is 2.07. The van der Waals surface area contributed by atoms with Crippen LogP contribution < -0.4 is 10.2 Å². The summed E-state index contributed by atoms with van der Waals surface area (Å²) in [7, 11) is 1.96.